The second kappa shape index (κ2) is 5.96. The molecule has 3 aliphatic rings. The van der Waals surface area contributed by atoms with Crippen LogP contribution in [0.5, 0.6) is 0 Å². The molecule has 2 aliphatic heterocycles. The van der Waals surface area contributed by atoms with Gasteiger partial charge in [0.25, 0.3) is 5.91 Å². The molecule has 1 spiro atoms. The van der Waals surface area contributed by atoms with Crippen molar-refractivity contribution in [3.63, 3.8) is 0 Å². The number of sulfone groups is 1. The quantitative estimate of drug-likeness (QED) is 0.687. The molecule has 0 radical (unpaired) electrons. The number of carbonyl (C=O) groups excluding carboxylic acids is 3. The van der Waals surface area contributed by atoms with Gasteiger partial charge in [0.1, 0.15) is 12.1 Å². The Bertz CT molecular complexity index is 721. The maximum absolute atomic E-state index is 12.8. The van der Waals surface area contributed by atoms with Crippen LogP contribution in [-0.4, -0.2) is 60.3 Å². The zero-order valence-electron chi connectivity index (χ0n) is 14.6. The van der Waals surface area contributed by atoms with Crippen molar-refractivity contribution in [3.05, 3.63) is 0 Å². The van der Waals surface area contributed by atoms with Crippen LogP contribution >= 0.6 is 0 Å². The first-order valence-corrected chi connectivity index (χ1v) is 10.5. The number of hydrogen-bond donors (Lipinski definition) is 2. The highest BCUT2D eigenvalue weighted by molar-refractivity contribution is 7.91. The third-order valence-electron chi connectivity index (χ3n) is 5.75. The second-order valence-electron chi connectivity index (χ2n) is 7.89. The average Bonchev–Trinajstić information content (AvgIpc) is 2.90. The monoisotopic (exact) mass is 371 g/mol. The maximum atomic E-state index is 12.8. The van der Waals surface area contributed by atoms with Gasteiger partial charge >= 0.3 is 6.03 Å². The Morgan fingerprint density at radius 3 is 2.64 bits per heavy atom. The Labute approximate surface area is 147 Å². The fourth-order valence-corrected chi connectivity index (χ4v) is 6.36. The molecule has 2 N–H and O–H groups in total. The Kier molecular flexibility index (Phi) is 4.33. The predicted octanol–water partition coefficient (Wildman–Crippen LogP) is 0.181. The summed E-state index contributed by atoms with van der Waals surface area (Å²) in [4.78, 5) is 38.4. The predicted molar refractivity (Wildman–Crippen MR) is 90.4 cm³/mol. The van der Waals surface area contributed by atoms with E-state index in [0.29, 0.717) is 12.8 Å². The first-order chi connectivity index (χ1) is 11.6. The van der Waals surface area contributed by atoms with E-state index in [2.05, 4.69) is 10.6 Å². The number of rotatable bonds is 3. The van der Waals surface area contributed by atoms with Crippen LogP contribution in [0.2, 0.25) is 0 Å². The lowest BCUT2D eigenvalue weighted by Gasteiger charge is -2.36. The van der Waals surface area contributed by atoms with Gasteiger partial charge in [-0.15, -0.1) is 0 Å². The van der Waals surface area contributed by atoms with Gasteiger partial charge in [-0.3, -0.25) is 14.5 Å². The summed E-state index contributed by atoms with van der Waals surface area (Å²) < 4.78 is 23.3. The first kappa shape index (κ1) is 18.2. The molecule has 9 heteroatoms. The van der Waals surface area contributed by atoms with Crippen LogP contribution < -0.4 is 10.6 Å². The molecular formula is C16H25N3O5S. The summed E-state index contributed by atoms with van der Waals surface area (Å²) in [7, 11) is -3.15. The first-order valence-electron chi connectivity index (χ1n) is 8.72. The molecule has 3 rings (SSSR count). The van der Waals surface area contributed by atoms with E-state index in [9.17, 15) is 22.8 Å². The largest absolute Gasteiger partial charge is 0.348 e. The molecule has 4 amide bonds. The van der Waals surface area contributed by atoms with Gasteiger partial charge in [-0.05, 0) is 32.1 Å². The van der Waals surface area contributed by atoms with Crippen molar-refractivity contribution >= 4 is 27.7 Å². The van der Waals surface area contributed by atoms with Gasteiger partial charge in [0.2, 0.25) is 5.91 Å². The third-order valence-corrected chi connectivity index (χ3v) is 7.65. The number of amides is 4. The lowest BCUT2D eigenvalue weighted by Crippen LogP contribution is -2.54. The van der Waals surface area contributed by atoms with Crippen molar-refractivity contribution in [1.29, 1.82) is 0 Å². The van der Waals surface area contributed by atoms with E-state index in [0.717, 1.165) is 24.2 Å². The Morgan fingerprint density at radius 2 is 2.04 bits per heavy atom. The van der Waals surface area contributed by atoms with Crippen LogP contribution in [-0.2, 0) is 19.4 Å². The molecule has 0 unspecified atom stereocenters. The SMILES string of the molecule is C[C@@H]1CCCC[C@@]12NC(=O)N(CC(=O)N[C@@]1(C)CCS(=O)(=O)C1)C2=O. The van der Waals surface area contributed by atoms with Gasteiger partial charge in [0.05, 0.1) is 17.0 Å². The zero-order chi connectivity index (χ0) is 18.5. The van der Waals surface area contributed by atoms with Crippen LogP contribution in [0, 0.1) is 5.92 Å². The highest BCUT2D eigenvalue weighted by Gasteiger charge is 2.55. The molecule has 2 saturated heterocycles. The molecule has 2 heterocycles. The minimum absolute atomic E-state index is 0.0308. The molecule has 0 aromatic heterocycles. The van der Waals surface area contributed by atoms with Crippen molar-refractivity contribution in [1.82, 2.24) is 15.5 Å². The highest BCUT2D eigenvalue weighted by atomic mass is 32.2. The molecule has 0 bridgehead atoms. The Morgan fingerprint density at radius 1 is 1.32 bits per heavy atom. The number of nitrogens with one attached hydrogen (secondary N) is 2. The molecule has 25 heavy (non-hydrogen) atoms. The van der Waals surface area contributed by atoms with Crippen molar-refractivity contribution in [2.45, 2.75) is 57.0 Å². The summed E-state index contributed by atoms with van der Waals surface area (Å²) in [5.41, 5.74) is -1.73. The summed E-state index contributed by atoms with van der Waals surface area (Å²) in [5.74, 6) is -0.906. The second-order valence-corrected chi connectivity index (χ2v) is 10.1. The summed E-state index contributed by atoms with van der Waals surface area (Å²) in [6, 6.07) is -0.543. The normalized spacial score (nSPS) is 37.4. The van der Waals surface area contributed by atoms with Gasteiger partial charge in [-0.1, -0.05) is 19.8 Å². The highest BCUT2D eigenvalue weighted by Crippen LogP contribution is 2.38. The van der Waals surface area contributed by atoms with Gasteiger partial charge in [-0.25, -0.2) is 13.2 Å². The molecule has 3 atom stereocenters. The molecule has 1 saturated carbocycles. The van der Waals surface area contributed by atoms with Gasteiger partial charge < -0.3 is 10.6 Å². The van der Waals surface area contributed by atoms with E-state index >= 15 is 0 Å². The van der Waals surface area contributed by atoms with Crippen molar-refractivity contribution in [3.8, 4) is 0 Å². The molecule has 0 aromatic rings. The van der Waals surface area contributed by atoms with Gasteiger partial charge in [0, 0.05) is 0 Å². The zero-order valence-corrected chi connectivity index (χ0v) is 15.4. The smallest absolute Gasteiger partial charge is 0.325 e. The van der Waals surface area contributed by atoms with E-state index in [4.69, 9.17) is 0 Å². The van der Waals surface area contributed by atoms with Gasteiger partial charge in [0.15, 0.2) is 9.84 Å². The van der Waals surface area contributed by atoms with Crippen LogP contribution in [0.25, 0.3) is 0 Å². The summed E-state index contributed by atoms with van der Waals surface area (Å²) in [5, 5.41) is 5.49. The standard InChI is InChI=1S/C16H25N3O5S/c1-11-5-3-4-6-16(11)13(21)19(14(22)18-16)9-12(20)17-15(2)7-8-25(23,24)10-15/h11H,3-10H2,1-2H3,(H,17,20)(H,18,22)/t11-,15+,16-/m1/s1. The number of carbonyl (C=O) groups is 3. The summed E-state index contributed by atoms with van der Waals surface area (Å²) in [6.07, 6.45) is 3.68. The molecule has 140 valence electrons. The van der Waals surface area contributed by atoms with Crippen LogP contribution in [0.3, 0.4) is 0 Å². The van der Waals surface area contributed by atoms with E-state index in [1.165, 1.54) is 0 Å². The summed E-state index contributed by atoms with van der Waals surface area (Å²) >= 11 is 0. The molecule has 1 aliphatic carbocycles. The lowest BCUT2D eigenvalue weighted by atomic mass is 9.73. The number of nitrogens with zero attached hydrogens (tertiary/aromatic N) is 1. The van der Waals surface area contributed by atoms with Crippen LogP contribution in [0.1, 0.15) is 46.0 Å². The van der Waals surface area contributed by atoms with Crippen molar-refractivity contribution in [2.75, 3.05) is 18.1 Å². The number of urea groups is 1. The Balaban J connectivity index is 1.68. The van der Waals surface area contributed by atoms with E-state index in [1.807, 2.05) is 6.92 Å². The fourth-order valence-electron chi connectivity index (χ4n) is 4.27. The lowest BCUT2D eigenvalue weighted by molar-refractivity contribution is -0.137. The van der Waals surface area contributed by atoms with Crippen molar-refractivity contribution in [2.24, 2.45) is 5.92 Å². The van der Waals surface area contributed by atoms with E-state index < -0.39 is 32.9 Å². The average molecular weight is 371 g/mol. The van der Waals surface area contributed by atoms with Crippen molar-refractivity contribution < 1.29 is 22.8 Å². The van der Waals surface area contributed by atoms with Crippen LogP contribution in [0.15, 0.2) is 0 Å². The fraction of sp³-hybridized carbons (Fsp3) is 0.812. The Hall–Kier alpha value is -1.64. The third kappa shape index (κ3) is 3.26. The van der Waals surface area contributed by atoms with Gasteiger partial charge in [-0.2, -0.15) is 0 Å². The minimum Gasteiger partial charge on any atom is -0.348 e. The molecule has 8 nitrogen and oxygen atoms in total. The molecule has 3 fully saturated rings. The number of imide groups is 1. The molecule has 0 aromatic carbocycles. The topological polar surface area (TPSA) is 113 Å². The summed E-state index contributed by atoms with van der Waals surface area (Å²) in [6.45, 7) is 3.24. The maximum Gasteiger partial charge on any atom is 0.325 e. The van der Waals surface area contributed by atoms with E-state index in [-0.39, 0.29) is 29.9 Å². The van der Waals surface area contributed by atoms with Crippen LogP contribution in [0.4, 0.5) is 4.79 Å². The number of hydrogen-bond acceptors (Lipinski definition) is 5. The molecular weight excluding hydrogens is 346 g/mol. The van der Waals surface area contributed by atoms with E-state index in [1.54, 1.807) is 6.92 Å². The minimum atomic E-state index is -3.15.